The summed E-state index contributed by atoms with van der Waals surface area (Å²) >= 11 is 0. The van der Waals surface area contributed by atoms with E-state index in [1.807, 2.05) is 47.6 Å². The van der Waals surface area contributed by atoms with Crippen molar-refractivity contribution in [1.82, 2.24) is 4.90 Å². The molecule has 156 valence electrons. The summed E-state index contributed by atoms with van der Waals surface area (Å²) in [6.07, 6.45) is 0.813. The molecule has 1 aromatic rings. The average Bonchev–Trinajstić information content (AvgIpc) is 2.99. The van der Waals surface area contributed by atoms with E-state index in [0.717, 1.165) is 5.56 Å². The Morgan fingerprint density at radius 2 is 1.79 bits per heavy atom. The van der Waals surface area contributed by atoms with Crippen molar-refractivity contribution in [3.63, 3.8) is 0 Å². The number of amides is 1. The number of carbonyl (C=O) groups is 2. The molecule has 0 spiro atoms. The standard InChI is InChI=1S/C22H33NO5/c1-21(2,3)27-19(25)18(13-15-8-7-9-17(24)12-15)16-10-11-23(14-16)20(26)28-22(4,5)6/h7-9,12,16,18,24H,10-11,13-14H2,1-6H3/t16-,18-/m0/s1. The molecule has 6 heteroatoms. The lowest BCUT2D eigenvalue weighted by atomic mass is 9.86. The fraction of sp³-hybridized carbons (Fsp3) is 0.636. The summed E-state index contributed by atoms with van der Waals surface area (Å²) < 4.78 is 11.1. The van der Waals surface area contributed by atoms with E-state index in [1.165, 1.54) is 0 Å². The van der Waals surface area contributed by atoms with Gasteiger partial charge in [0.05, 0.1) is 5.92 Å². The third-order valence-electron chi connectivity index (χ3n) is 4.52. The van der Waals surface area contributed by atoms with Gasteiger partial charge in [-0.2, -0.15) is 0 Å². The van der Waals surface area contributed by atoms with Crippen molar-refractivity contribution in [2.24, 2.45) is 11.8 Å². The highest BCUT2D eigenvalue weighted by Crippen LogP contribution is 2.31. The predicted molar refractivity (Wildman–Crippen MR) is 107 cm³/mol. The van der Waals surface area contributed by atoms with Crippen LogP contribution in [0, 0.1) is 11.8 Å². The second kappa shape index (κ2) is 8.41. The Hall–Kier alpha value is -2.24. The van der Waals surface area contributed by atoms with Gasteiger partial charge in [-0.25, -0.2) is 4.79 Å². The molecule has 0 bridgehead atoms. The van der Waals surface area contributed by atoms with Crippen molar-refractivity contribution in [2.75, 3.05) is 13.1 Å². The van der Waals surface area contributed by atoms with Gasteiger partial charge in [-0.15, -0.1) is 0 Å². The van der Waals surface area contributed by atoms with E-state index in [-0.39, 0.29) is 23.7 Å². The van der Waals surface area contributed by atoms with Gasteiger partial charge in [0.2, 0.25) is 0 Å². The summed E-state index contributed by atoms with van der Waals surface area (Å²) in [4.78, 5) is 27.0. The molecule has 1 aliphatic heterocycles. The van der Waals surface area contributed by atoms with Crippen LogP contribution in [-0.4, -0.2) is 46.4 Å². The van der Waals surface area contributed by atoms with Crippen molar-refractivity contribution < 1.29 is 24.2 Å². The molecule has 1 fully saturated rings. The molecule has 1 aromatic carbocycles. The molecule has 0 aromatic heterocycles. The molecule has 1 heterocycles. The maximum atomic E-state index is 12.9. The summed E-state index contributed by atoms with van der Waals surface area (Å²) in [7, 11) is 0. The highest BCUT2D eigenvalue weighted by Gasteiger charge is 2.39. The molecule has 0 radical (unpaired) electrons. The fourth-order valence-electron chi connectivity index (χ4n) is 3.37. The first-order valence-electron chi connectivity index (χ1n) is 9.83. The first-order chi connectivity index (χ1) is 12.8. The average molecular weight is 392 g/mol. The molecule has 0 saturated carbocycles. The van der Waals surface area contributed by atoms with Gasteiger partial charge in [0.25, 0.3) is 0 Å². The van der Waals surface area contributed by atoms with Crippen LogP contribution in [0.25, 0.3) is 0 Å². The molecule has 1 N–H and O–H groups in total. The van der Waals surface area contributed by atoms with Crippen molar-refractivity contribution in [3.05, 3.63) is 29.8 Å². The minimum absolute atomic E-state index is 0.0234. The number of phenols is 1. The Labute approximate surface area is 167 Å². The van der Waals surface area contributed by atoms with E-state index >= 15 is 0 Å². The molecular weight excluding hydrogens is 358 g/mol. The second-order valence-corrected chi connectivity index (χ2v) is 9.49. The smallest absolute Gasteiger partial charge is 0.410 e. The van der Waals surface area contributed by atoms with Crippen LogP contribution < -0.4 is 0 Å². The lowest BCUT2D eigenvalue weighted by Crippen LogP contribution is -2.38. The zero-order valence-corrected chi connectivity index (χ0v) is 17.8. The number of esters is 1. The lowest BCUT2D eigenvalue weighted by molar-refractivity contribution is -0.161. The molecule has 2 rings (SSSR count). The van der Waals surface area contributed by atoms with Gasteiger partial charge in [-0.05, 0) is 78.0 Å². The molecule has 2 atom stereocenters. The zero-order valence-electron chi connectivity index (χ0n) is 17.8. The van der Waals surface area contributed by atoms with Gasteiger partial charge in [0.1, 0.15) is 17.0 Å². The van der Waals surface area contributed by atoms with Gasteiger partial charge in [0.15, 0.2) is 0 Å². The molecule has 1 aliphatic rings. The topological polar surface area (TPSA) is 76.1 Å². The van der Waals surface area contributed by atoms with Crippen LogP contribution in [0.5, 0.6) is 5.75 Å². The van der Waals surface area contributed by atoms with Crippen LogP contribution in [-0.2, 0) is 20.7 Å². The lowest BCUT2D eigenvalue weighted by Gasteiger charge is -2.28. The molecule has 0 unspecified atom stereocenters. The van der Waals surface area contributed by atoms with Crippen molar-refractivity contribution >= 4 is 12.1 Å². The number of nitrogens with zero attached hydrogens (tertiary/aromatic N) is 1. The van der Waals surface area contributed by atoms with E-state index in [4.69, 9.17) is 9.47 Å². The third-order valence-corrected chi connectivity index (χ3v) is 4.52. The molecule has 1 saturated heterocycles. The highest BCUT2D eigenvalue weighted by molar-refractivity contribution is 5.74. The number of ether oxygens (including phenoxy) is 2. The number of aromatic hydroxyl groups is 1. The van der Waals surface area contributed by atoms with E-state index in [9.17, 15) is 14.7 Å². The Balaban J connectivity index is 2.15. The summed E-state index contributed by atoms with van der Waals surface area (Å²) in [5, 5.41) is 9.75. The summed E-state index contributed by atoms with van der Waals surface area (Å²) in [6.45, 7) is 12.1. The van der Waals surface area contributed by atoms with E-state index in [2.05, 4.69) is 0 Å². The van der Waals surface area contributed by atoms with Gasteiger partial charge in [0, 0.05) is 13.1 Å². The number of rotatable bonds is 4. The quantitative estimate of drug-likeness (QED) is 0.781. The molecule has 6 nitrogen and oxygen atoms in total. The SMILES string of the molecule is CC(C)(C)OC(=O)[C@@H](Cc1cccc(O)c1)[C@H]1CCN(C(=O)OC(C)(C)C)C1. The molecular formula is C22H33NO5. The maximum absolute atomic E-state index is 12.9. The Bertz CT molecular complexity index is 702. The van der Waals surface area contributed by atoms with Crippen LogP contribution in [0.4, 0.5) is 4.79 Å². The second-order valence-electron chi connectivity index (χ2n) is 9.49. The van der Waals surface area contributed by atoms with Crippen LogP contribution in [0.3, 0.4) is 0 Å². The van der Waals surface area contributed by atoms with Crippen molar-refractivity contribution in [1.29, 1.82) is 0 Å². The van der Waals surface area contributed by atoms with Gasteiger partial charge < -0.3 is 19.5 Å². The summed E-state index contributed by atoms with van der Waals surface area (Å²) in [6, 6.07) is 6.92. The Morgan fingerprint density at radius 1 is 1.14 bits per heavy atom. The van der Waals surface area contributed by atoms with Gasteiger partial charge in [-0.1, -0.05) is 12.1 Å². The Kier molecular flexibility index (Phi) is 6.63. The molecule has 1 amide bonds. The molecule has 28 heavy (non-hydrogen) atoms. The first-order valence-corrected chi connectivity index (χ1v) is 9.83. The minimum Gasteiger partial charge on any atom is -0.508 e. The minimum atomic E-state index is -0.586. The first kappa shape index (κ1) is 22.1. The summed E-state index contributed by atoms with van der Waals surface area (Å²) in [5.74, 6) is -0.521. The number of benzene rings is 1. The Morgan fingerprint density at radius 3 is 2.36 bits per heavy atom. The number of hydrogen-bond donors (Lipinski definition) is 1. The van der Waals surface area contributed by atoms with E-state index in [1.54, 1.807) is 23.1 Å². The van der Waals surface area contributed by atoms with Crippen molar-refractivity contribution in [2.45, 2.75) is 65.6 Å². The normalized spacial score (nSPS) is 18.6. The third kappa shape index (κ3) is 6.73. The number of likely N-dealkylation sites (tertiary alicyclic amines) is 1. The monoisotopic (exact) mass is 391 g/mol. The largest absolute Gasteiger partial charge is 0.508 e. The molecule has 0 aliphatic carbocycles. The summed E-state index contributed by atoms with van der Waals surface area (Å²) in [5.41, 5.74) is -0.273. The van der Waals surface area contributed by atoms with Gasteiger partial charge >= 0.3 is 12.1 Å². The van der Waals surface area contributed by atoms with Crippen LogP contribution in [0.1, 0.15) is 53.5 Å². The fourth-order valence-corrected chi connectivity index (χ4v) is 3.37. The van der Waals surface area contributed by atoms with Crippen LogP contribution in [0.2, 0.25) is 0 Å². The highest BCUT2D eigenvalue weighted by atomic mass is 16.6. The van der Waals surface area contributed by atoms with Gasteiger partial charge in [-0.3, -0.25) is 4.79 Å². The predicted octanol–water partition coefficient (Wildman–Crippen LogP) is 4.15. The van der Waals surface area contributed by atoms with Crippen LogP contribution in [0.15, 0.2) is 24.3 Å². The van der Waals surface area contributed by atoms with E-state index < -0.39 is 17.1 Å². The maximum Gasteiger partial charge on any atom is 0.410 e. The zero-order chi connectivity index (χ0) is 21.1. The van der Waals surface area contributed by atoms with E-state index in [0.29, 0.717) is 25.9 Å². The van der Waals surface area contributed by atoms with Crippen LogP contribution >= 0.6 is 0 Å². The number of hydrogen-bond acceptors (Lipinski definition) is 5. The number of carbonyl (C=O) groups excluding carboxylic acids is 2. The number of phenolic OH excluding ortho intramolecular Hbond substituents is 1. The van der Waals surface area contributed by atoms with Crippen molar-refractivity contribution in [3.8, 4) is 5.75 Å².